The fourth-order valence-corrected chi connectivity index (χ4v) is 2.81. The molecule has 2 heteroatoms. The molecule has 2 fully saturated rings. The standard InChI is InChI=1S/C8H15NO/c9-4-7-5-1-2-6(7)8(10)3-5/h5-8,10H,1-4,9H2/t5-,6-,7-,8-/m0/s1. The zero-order valence-electron chi connectivity index (χ0n) is 6.16. The van der Waals surface area contributed by atoms with E-state index in [1.807, 2.05) is 0 Å². The first kappa shape index (κ1) is 6.62. The zero-order valence-corrected chi connectivity index (χ0v) is 6.16. The SMILES string of the molecule is NC[C@H]1[C@H]2CC[C@@H]1[C@@H](O)C2. The molecule has 0 aromatic carbocycles. The van der Waals surface area contributed by atoms with Crippen LogP contribution in [0.25, 0.3) is 0 Å². The second kappa shape index (κ2) is 2.21. The van der Waals surface area contributed by atoms with Crippen LogP contribution in [0.3, 0.4) is 0 Å². The summed E-state index contributed by atoms with van der Waals surface area (Å²) in [6.45, 7) is 0.784. The van der Waals surface area contributed by atoms with Gasteiger partial charge in [0, 0.05) is 0 Å². The molecular weight excluding hydrogens is 126 g/mol. The quantitative estimate of drug-likeness (QED) is 0.553. The minimum Gasteiger partial charge on any atom is -0.393 e. The summed E-state index contributed by atoms with van der Waals surface area (Å²) in [5.74, 6) is 1.95. The largest absolute Gasteiger partial charge is 0.393 e. The molecule has 0 radical (unpaired) electrons. The number of fused-ring (bicyclic) bond motifs is 2. The highest BCUT2D eigenvalue weighted by atomic mass is 16.3. The smallest absolute Gasteiger partial charge is 0.0574 e. The number of hydrogen-bond acceptors (Lipinski definition) is 2. The van der Waals surface area contributed by atoms with Crippen molar-refractivity contribution in [3.8, 4) is 0 Å². The van der Waals surface area contributed by atoms with Crippen LogP contribution in [0.5, 0.6) is 0 Å². The lowest BCUT2D eigenvalue weighted by Crippen LogP contribution is -2.22. The lowest BCUT2D eigenvalue weighted by molar-refractivity contribution is 0.108. The van der Waals surface area contributed by atoms with Gasteiger partial charge in [-0.1, -0.05) is 0 Å². The Balaban J connectivity index is 2.11. The average molecular weight is 141 g/mol. The van der Waals surface area contributed by atoms with Gasteiger partial charge in [-0.25, -0.2) is 0 Å². The third kappa shape index (κ3) is 0.722. The van der Waals surface area contributed by atoms with E-state index < -0.39 is 0 Å². The van der Waals surface area contributed by atoms with Crippen molar-refractivity contribution in [2.24, 2.45) is 23.5 Å². The molecule has 0 aromatic heterocycles. The fraction of sp³-hybridized carbons (Fsp3) is 1.00. The van der Waals surface area contributed by atoms with Gasteiger partial charge in [-0.15, -0.1) is 0 Å². The highest BCUT2D eigenvalue weighted by Gasteiger charge is 2.46. The van der Waals surface area contributed by atoms with Crippen molar-refractivity contribution in [1.29, 1.82) is 0 Å². The Bertz CT molecular complexity index is 137. The van der Waals surface area contributed by atoms with Crippen LogP contribution >= 0.6 is 0 Å². The van der Waals surface area contributed by atoms with Crippen LogP contribution in [-0.4, -0.2) is 17.8 Å². The molecule has 2 rings (SSSR count). The molecule has 2 nitrogen and oxygen atoms in total. The Morgan fingerprint density at radius 1 is 1.40 bits per heavy atom. The molecule has 3 N–H and O–H groups in total. The van der Waals surface area contributed by atoms with Gasteiger partial charge in [-0.05, 0) is 43.6 Å². The maximum Gasteiger partial charge on any atom is 0.0574 e. The number of rotatable bonds is 1. The fourth-order valence-electron chi connectivity index (χ4n) is 2.81. The number of nitrogens with two attached hydrogens (primary N) is 1. The van der Waals surface area contributed by atoms with Crippen LogP contribution in [0.1, 0.15) is 19.3 Å². The van der Waals surface area contributed by atoms with Gasteiger partial charge in [0.05, 0.1) is 6.10 Å². The highest BCUT2D eigenvalue weighted by Crippen LogP contribution is 2.48. The van der Waals surface area contributed by atoms with Crippen LogP contribution in [0.2, 0.25) is 0 Å². The third-order valence-corrected chi connectivity index (χ3v) is 3.34. The summed E-state index contributed by atoms with van der Waals surface area (Å²) in [5, 5.41) is 9.47. The predicted molar refractivity (Wildman–Crippen MR) is 39.4 cm³/mol. The van der Waals surface area contributed by atoms with Crippen molar-refractivity contribution in [2.75, 3.05) is 6.54 Å². The van der Waals surface area contributed by atoms with Crippen molar-refractivity contribution >= 4 is 0 Å². The maximum atomic E-state index is 9.47. The van der Waals surface area contributed by atoms with E-state index in [0.29, 0.717) is 11.8 Å². The Morgan fingerprint density at radius 3 is 2.50 bits per heavy atom. The van der Waals surface area contributed by atoms with Crippen LogP contribution < -0.4 is 5.73 Å². The molecule has 0 saturated heterocycles. The zero-order chi connectivity index (χ0) is 7.14. The Kier molecular flexibility index (Phi) is 1.46. The van der Waals surface area contributed by atoms with E-state index in [1.54, 1.807) is 0 Å². The monoisotopic (exact) mass is 141 g/mol. The van der Waals surface area contributed by atoms with Crippen molar-refractivity contribution in [3.05, 3.63) is 0 Å². The van der Waals surface area contributed by atoms with Gasteiger partial charge in [0.2, 0.25) is 0 Å². The summed E-state index contributed by atoms with van der Waals surface area (Å²) >= 11 is 0. The lowest BCUT2D eigenvalue weighted by atomic mass is 9.97. The van der Waals surface area contributed by atoms with Gasteiger partial charge in [0.25, 0.3) is 0 Å². The number of hydrogen-bond donors (Lipinski definition) is 2. The molecular formula is C8H15NO. The molecule has 0 aliphatic heterocycles. The highest BCUT2D eigenvalue weighted by molar-refractivity contribution is 4.97. The van der Waals surface area contributed by atoms with Crippen molar-refractivity contribution < 1.29 is 5.11 Å². The van der Waals surface area contributed by atoms with Crippen LogP contribution in [0.4, 0.5) is 0 Å². The summed E-state index contributed by atoms with van der Waals surface area (Å²) in [5.41, 5.74) is 5.61. The van der Waals surface area contributed by atoms with Crippen molar-refractivity contribution in [3.63, 3.8) is 0 Å². The molecule has 0 aromatic rings. The van der Waals surface area contributed by atoms with E-state index >= 15 is 0 Å². The topological polar surface area (TPSA) is 46.2 Å². The molecule has 10 heavy (non-hydrogen) atoms. The average Bonchev–Trinajstić information content (AvgIpc) is 2.42. The first-order valence-corrected chi connectivity index (χ1v) is 4.21. The minimum absolute atomic E-state index is 0.0210. The van der Waals surface area contributed by atoms with Crippen LogP contribution in [0, 0.1) is 17.8 Å². The molecule has 4 atom stereocenters. The summed E-state index contributed by atoms with van der Waals surface area (Å²) in [4.78, 5) is 0. The number of aliphatic hydroxyl groups is 1. The van der Waals surface area contributed by atoms with E-state index in [4.69, 9.17) is 5.73 Å². The molecule has 2 aliphatic rings. The van der Waals surface area contributed by atoms with E-state index in [0.717, 1.165) is 18.9 Å². The normalized spacial score (nSPS) is 52.2. The van der Waals surface area contributed by atoms with Crippen LogP contribution in [-0.2, 0) is 0 Å². The van der Waals surface area contributed by atoms with E-state index in [9.17, 15) is 5.11 Å². The van der Waals surface area contributed by atoms with E-state index in [2.05, 4.69) is 0 Å². The van der Waals surface area contributed by atoms with Crippen molar-refractivity contribution in [1.82, 2.24) is 0 Å². The van der Waals surface area contributed by atoms with Gasteiger partial charge in [0.15, 0.2) is 0 Å². The predicted octanol–water partition coefficient (Wildman–Crippen LogP) is 0.352. The van der Waals surface area contributed by atoms with Gasteiger partial charge in [0.1, 0.15) is 0 Å². The third-order valence-electron chi connectivity index (χ3n) is 3.34. The molecule has 58 valence electrons. The summed E-state index contributed by atoms with van der Waals surface area (Å²) < 4.78 is 0. The Morgan fingerprint density at radius 2 is 2.20 bits per heavy atom. The van der Waals surface area contributed by atoms with E-state index in [1.165, 1.54) is 12.8 Å². The summed E-state index contributed by atoms with van der Waals surface area (Å²) in [6, 6.07) is 0. The van der Waals surface area contributed by atoms with Crippen LogP contribution in [0.15, 0.2) is 0 Å². The molecule has 2 saturated carbocycles. The summed E-state index contributed by atoms with van der Waals surface area (Å²) in [6.07, 6.45) is 3.52. The molecule has 2 bridgehead atoms. The molecule has 0 spiro atoms. The maximum absolute atomic E-state index is 9.47. The molecule has 0 unspecified atom stereocenters. The molecule has 2 aliphatic carbocycles. The van der Waals surface area contributed by atoms with E-state index in [-0.39, 0.29) is 6.10 Å². The van der Waals surface area contributed by atoms with Gasteiger partial charge >= 0.3 is 0 Å². The second-order valence-corrected chi connectivity index (χ2v) is 3.70. The molecule has 0 heterocycles. The Hall–Kier alpha value is -0.0800. The van der Waals surface area contributed by atoms with Gasteiger partial charge in [-0.3, -0.25) is 0 Å². The summed E-state index contributed by atoms with van der Waals surface area (Å²) in [7, 11) is 0. The first-order valence-electron chi connectivity index (χ1n) is 4.21. The van der Waals surface area contributed by atoms with Gasteiger partial charge < -0.3 is 10.8 Å². The van der Waals surface area contributed by atoms with Crippen molar-refractivity contribution in [2.45, 2.75) is 25.4 Å². The lowest BCUT2D eigenvalue weighted by Gasteiger charge is -2.15. The minimum atomic E-state index is -0.0210. The Labute approximate surface area is 61.4 Å². The first-order chi connectivity index (χ1) is 4.83. The second-order valence-electron chi connectivity index (χ2n) is 3.70. The van der Waals surface area contributed by atoms with Gasteiger partial charge in [-0.2, -0.15) is 0 Å². The molecule has 0 amide bonds. The number of aliphatic hydroxyl groups excluding tert-OH is 1.